The van der Waals surface area contributed by atoms with Gasteiger partial charge in [-0.05, 0) is 18.6 Å². The first-order valence-electron chi connectivity index (χ1n) is 4.95. The molecule has 0 fully saturated rings. The number of fused-ring (bicyclic) bond motifs is 1. The quantitative estimate of drug-likeness (QED) is 0.792. The van der Waals surface area contributed by atoms with Crippen molar-refractivity contribution in [3.63, 3.8) is 0 Å². The van der Waals surface area contributed by atoms with Gasteiger partial charge in [-0.3, -0.25) is 2.78 Å². The first-order valence-corrected chi connectivity index (χ1v) is 5.92. The molecule has 14 heavy (non-hydrogen) atoms. The highest BCUT2D eigenvalue weighted by Gasteiger charge is 2.06. The number of benzene rings is 1. The fraction of sp³-hybridized carbons (Fsp3) is 0.364. The van der Waals surface area contributed by atoms with Gasteiger partial charge in [-0.2, -0.15) is 0 Å². The molecule has 1 aromatic carbocycles. The number of unbranched alkanes of at least 4 members (excludes halogenated alkanes) is 1. The molecule has 3 heteroatoms. The molecule has 0 bridgehead atoms. The second-order valence-electron chi connectivity index (χ2n) is 3.40. The maximum atomic E-state index is 4.61. The molecule has 0 aliphatic heterocycles. The van der Waals surface area contributed by atoms with E-state index in [4.69, 9.17) is 0 Å². The summed E-state index contributed by atoms with van der Waals surface area (Å²) < 4.78 is 2.17. The molecule has 0 saturated heterocycles. The summed E-state index contributed by atoms with van der Waals surface area (Å²) in [6, 6.07) is 8.28. The van der Waals surface area contributed by atoms with Crippen LogP contribution in [0.3, 0.4) is 0 Å². The fourth-order valence-corrected chi connectivity index (χ4v) is 2.29. The highest BCUT2D eigenvalue weighted by Crippen LogP contribution is 2.19. The fourth-order valence-electron chi connectivity index (χ4n) is 1.54. The SMILES string of the molecule is CCCCc1nc2ccccc2n1I. The molecule has 2 nitrogen and oxygen atoms in total. The third-order valence-corrected chi connectivity index (χ3v) is 3.40. The van der Waals surface area contributed by atoms with E-state index in [2.05, 4.69) is 55.8 Å². The summed E-state index contributed by atoms with van der Waals surface area (Å²) >= 11 is 2.33. The van der Waals surface area contributed by atoms with E-state index >= 15 is 0 Å². The predicted octanol–water partition coefficient (Wildman–Crippen LogP) is 3.58. The summed E-state index contributed by atoms with van der Waals surface area (Å²) in [7, 11) is 0. The second kappa shape index (κ2) is 4.29. The number of para-hydroxylation sites is 2. The molecule has 0 amide bonds. The number of halogens is 1. The first-order chi connectivity index (χ1) is 6.83. The minimum atomic E-state index is 1.08. The Balaban J connectivity index is 2.41. The average molecular weight is 300 g/mol. The number of aryl methyl sites for hydroxylation is 1. The van der Waals surface area contributed by atoms with E-state index in [1.54, 1.807) is 0 Å². The zero-order valence-corrected chi connectivity index (χ0v) is 10.4. The number of aromatic nitrogens is 2. The summed E-state index contributed by atoms with van der Waals surface area (Å²) in [6.45, 7) is 2.21. The molecule has 0 atom stereocenters. The van der Waals surface area contributed by atoms with Gasteiger partial charge in [-0.15, -0.1) is 0 Å². The van der Waals surface area contributed by atoms with E-state index < -0.39 is 0 Å². The molecule has 0 aliphatic rings. The lowest BCUT2D eigenvalue weighted by Gasteiger charge is -1.97. The summed E-state index contributed by atoms with van der Waals surface area (Å²) in [5.74, 6) is 1.19. The van der Waals surface area contributed by atoms with Crippen LogP contribution in [0.15, 0.2) is 24.3 Å². The maximum absolute atomic E-state index is 4.61. The van der Waals surface area contributed by atoms with Crippen molar-refractivity contribution in [2.24, 2.45) is 0 Å². The third kappa shape index (κ3) is 1.78. The summed E-state index contributed by atoms with van der Waals surface area (Å²) in [5, 5.41) is 0. The molecule has 0 radical (unpaired) electrons. The van der Waals surface area contributed by atoms with Crippen LogP contribution in [0.4, 0.5) is 0 Å². The van der Waals surface area contributed by atoms with Crippen molar-refractivity contribution < 1.29 is 0 Å². The molecular formula is C11H13IN2. The van der Waals surface area contributed by atoms with Gasteiger partial charge in [0.25, 0.3) is 0 Å². The van der Waals surface area contributed by atoms with E-state index in [0.717, 1.165) is 11.9 Å². The lowest BCUT2D eigenvalue weighted by atomic mass is 10.2. The number of nitrogens with zero attached hydrogens (tertiary/aromatic N) is 2. The van der Waals surface area contributed by atoms with Gasteiger partial charge in [0.1, 0.15) is 5.82 Å². The molecule has 0 saturated carbocycles. The molecule has 1 aromatic heterocycles. The Morgan fingerprint density at radius 3 is 2.86 bits per heavy atom. The summed E-state index contributed by atoms with van der Waals surface area (Å²) in [4.78, 5) is 4.61. The van der Waals surface area contributed by atoms with Crippen molar-refractivity contribution in [2.75, 3.05) is 0 Å². The second-order valence-corrected chi connectivity index (χ2v) is 4.37. The first kappa shape index (κ1) is 9.96. The predicted molar refractivity (Wildman–Crippen MR) is 67.8 cm³/mol. The topological polar surface area (TPSA) is 17.8 Å². The molecule has 2 aromatic rings. The van der Waals surface area contributed by atoms with E-state index in [0.29, 0.717) is 0 Å². The largest absolute Gasteiger partial charge is 0.268 e. The Morgan fingerprint density at radius 2 is 2.14 bits per heavy atom. The average Bonchev–Trinajstić information content (AvgIpc) is 2.54. The molecule has 74 valence electrons. The summed E-state index contributed by atoms with van der Waals surface area (Å²) in [6.07, 6.45) is 3.51. The van der Waals surface area contributed by atoms with Crippen molar-refractivity contribution in [3.8, 4) is 0 Å². The van der Waals surface area contributed by atoms with Crippen LogP contribution in [-0.4, -0.2) is 7.76 Å². The minimum Gasteiger partial charge on any atom is -0.268 e. The standard InChI is InChI=1S/C11H13IN2/c1-2-3-8-11-13-9-6-4-5-7-10(9)14(11)12/h4-7H,2-3,8H2,1H3. The van der Waals surface area contributed by atoms with Crippen LogP contribution >= 0.6 is 22.9 Å². The van der Waals surface area contributed by atoms with Crippen LogP contribution in [0, 0.1) is 0 Å². The molecule has 1 heterocycles. The molecule has 0 spiro atoms. The van der Waals surface area contributed by atoms with Crippen molar-refractivity contribution in [1.82, 2.24) is 7.76 Å². The Bertz CT molecular complexity index is 434. The Hall–Kier alpha value is -0.580. The van der Waals surface area contributed by atoms with Crippen molar-refractivity contribution >= 4 is 33.9 Å². The minimum absolute atomic E-state index is 1.08. The van der Waals surface area contributed by atoms with E-state index in [1.807, 2.05) is 6.07 Å². The van der Waals surface area contributed by atoms with E-state index in [1.165, 1.54) is 24.2 Å². The lowest BCUT2D eigenvalue weighted by molar-refractivity contribution is 0.762. The van der Waals surface area contributed by atoms with Gasteiger partial charge in [0.2, 0.25) is 0 Å². The highest BCUT2D eigenvalue weighted by atomic mass is 127. The maximum Gasteiger partial charge on any atom is 0.118 e. The van der Waals surface area contributed by atoms with Crippen LogP contribution in [0.5, 0.6) is 0 Å². The molecule has 2 rings (SSSR count). The van der Waals surface area contributed by atoms with Crippen LogP contribution in [-0.2, 0) is 6.42 Å². The van der Waals surface area contributed by atoms with Crippen LogP contribution in [0.2, 0.25) is 0 Å². The van der Waals surface area contributed by atoms with Crippen LogP contribution in [0.25, 0.3) is 11.0 Å². The van der Waals surface area contributed by atoms with Crippen molar-refractivity contribution in [1.29, 1.82) is 0 Å². The highest BCUT2D eigenvalue weighted by molar-refractivity contribution is 14.1. The van der Waals surface area contributed by atoms with Crippen molar-refractivity contribution in [3.05, 3.63) is 30.1 Å². The molecule has 0 unspecified atom stereocenters. The zero-order valence-electron chi connectivity index (χ0n) is 8.20. The number of rotatable bonds is 3. The number of hydrogen-bond acceptors (Lipinski definition) is 1. The zero-order chi connectivity index (χ0) is 9.97. The molecule has 0 aliphatic carbocycles. The van der Waals surface area contributed by atoms with Gasteiger partial charge in [-0.25, -0.2) is 4.98 Å². The van der Waals surface area contributed by atoms with Gasteiger partial charge in [0, 0.05) is 6.42 Å². The van der Waals surface area contributed by atoms with Gasteiger partial charge in [0.05, 0.1) is 33.9 Å². The Morgan fingerprint density at radius 1 is 1.36 bits per heavy atom. The Labute approximate surface area is 97.8 Å². The van der Waals surface area contributed by atoms with Gasteiger partial charge < -0.3 is 0 Å². The number of imidazole rings is 1. The lowest BCUT2D eigenvalue weighted by Crippen LogP contribution is -1.91. The van der Waals surface area contributed by atoms with Gasteiger partial charge >= 0.3 is 0 Å². The molecule has 0 N–H and O–H groups in total. The number of hydrogen-bond donors (Lipinski definition) is 0. The monoisotopic (exact) mass is 300 g/mol. The van der Waals surface area contributed by atoms with E-state index in [9.17, 15) is 0 Å². The normalized spacial score (nSPS) is 11.0. The Kier molecular flexibility index (Phi) is 3.05. The van der Waals surface area contributed by atoms with Gasteiger partial charge in [-0.1, -0.05) is 25.5 Å². The van der Waals surface area contributed by atoms with Crippen molar-refractivity contribution in [2.45, 2.75) is 26.2 Å². The summed E-state index contributed by atoms with van der Waals surface area (Å²) in [5.41, 5.74) is 2.33. The smallest absolute Gasteiger partial charge is 0.118 e. The van der Waals surface area contributed by atoms with Gasteiger partial charge in [0.15, 0.2) is 0 Å². The van der Waals surface area contributed by atoms with E-state index in [-0.39, 0.29) is 0 Å². The third-order valence-electron chi connectivity index (χ3n) is 2.32. The van der Waals surface area contributed by atoms with Crippen LogP contribution in [0.1, 0.15) is 25.6 Å². The molecular weight excluding hydrogens is 287 g/mol. The van der Waals surface area contributed by atoms with Crippen LogP contribution < -0.4 is 0 Å².